The zero-order valence-electron chi connectivity index (χ0n) is 7.75. The summed E-state index contributed by atoms with van der Waals surface area (Å²) in [5.41, 5.74) is 5.63. The van der Waals surface area contributed by atoms with Crippen LogP contribution in [0.4, 0.5) is 0 Å². The molecular weight excluding hydrogens is 154 g/mol. The van der Waals surface area contributed by atoms with E-state index in [1.165, 1.54) is 0 Å². The lowest BCUT2D eigenvalue weighted by Gasteiger charge is -2.11. The largest absolute Gasteiger partial charge is 0.464 e. The SMILES string of the molecule is CC(C)COC(=O)C(N)C1CC1. The number of nitrogens with two attached hydrogens (primary N) is 1. The summed E-state index contributed by atoms with van der Waals surface area (Å²) in [6.45, 7) is 4.51. The first kappa shape index (κ1) is 9.52. The van der Waals surface area contributed by atoms with Gasteiger partial charge in [-0.25, -0.2) is 0 Å². The van der Waals surface area contributed by atoms with E-state index in [0.717, 1.165) is 12.8 Å². The van der Waals surface area contributed by atoms with Crippen molar-refractivity contribution >= 4 is 5.97 Å². The van der Waals surface area contributed by atoms with E-state index in [-0.39, 0.29) is 12.0 Å². The van der Waals surface area contributed by atoms with E-state index >= 15 is 0 Å². The van der Waals surface area contributed by atoms with Crippen LogP contribution < -0.4 is 5.73 Å². The molecule has 0 aliphatic heterocycles. The van der Waals surface area contributed by atoms with Crippen LogP contribution in [0.3, 0.4) is 0 Å². The number of hydrogen-bond acceptors (Lipinski definition) is 3. The Kier molecular flexibility index (Phi) is 3.09. The van der Waals surface area contributed by atoms with Gasteiger partial charge in [0.25, 0.3) is 0 Å². The average molecular weight is 171 g/mol. The second-order valence-electron chi connectivity index (χ2n) is 3.89. The quantitative estimate of drug-likeness (QED) is 0.640. The zero-order valence-corrected chi connectivity index (χ0v) is 7.75. The normalized spacial score (nSPS) is 19.3. The average Bonchev–Trinajstić information content (AvgIpc) is 2.80. The Morgan fingerprint density at radius 3 is 2.58 bits per heavy atom. The van der Waals surface area contributed by atoms with Gasteiger partial charge in [-0.05, 0) is 24.7 Å². The van der Waals surface area contributed by atoms with Crippen LogP contribution in [0.1, 0.15) is 26.7 Å². The summed E-state index contributed by atoms with van der Waals surface area (Å²) >= 11 is 0. The fourth-order valence-electron chi connectivity index (χ4n) is 0.993. The number of rotatable bonds is 4. The van der Waals surface area contributed by atoms with E-state index in [4.69, 9.17) is 10.5 Å². The van der Waals surface area contributed by atoms with Crippen molar-refractivity contribution in [2.24, 2.45) is 17.6 Å². The van der Waals surface area contributed by atoms with Crippen LogP contribution in [0.2, 0.25) is 0 Å². The van der Waals surface area contributed by atoms with E-state index in [1.807, 2.05) is 13.8 Å². The highest BCUT2D eigenvalue weighted by molar-refractivity contribution is 5.76. The third-order valence-electron chi connectivity index (χ3n) is 1.96. The van der Waals surface area contributed by atoms with Crippen molar-refractivity contribution in [3.63, 3.8) is 0 Å². The zero-order chi connectivity index (χ0) is 9.14. The van der Waals surface area contributed by atoms with Gasteiger partial charge in [0, 0.05) is 0 Å². The molecule has 0 amide bonds. The molecule has 1 atom stereocenters. The predicted molar refractivity (Wildman–Crippen MR) is 46.5 cm³/mol. The van der Waals surface area contributed by atoms with Crippen LogP contribution in [0, 0.1) is 11.8 Å². The maximum absolute atomic E-state index is 11.2. The topological polar surface area (TPSA) is 52.3 Å². The Morgan fingerprint density at radius 1 is 1.58 bits per heavy atom. The molecular formula is C9H17NO2. The standard InChI is InChI=1S/C9H17NO2/c1-6(2)5-12-9(11)8(10)7-3-4-7/h6-8H,3-5,10H2,1-2H3. The lowest BCUT2D eigenvalue weighted by atomic mass is 10.2. The molecule has 1 unspecified atom stereocenters. The monoisotopic (exact) mass is 171 g/mol. The van der Waals surface area contributed by atoms with Crippen LogP contribution in [0.15, 0.2) is 0 Å². The van der Waals surface area contributed by atoms with Gasteiger partial charge in [-0.3, -0.25) is 4.79 Å². The predicted octanol–water partition coefficient (Wildman–Crippen LogP) is 0.923. The Bertz CT molecular complexity index is 164. The third-order valence-corrected chi connectivity index (χ3v) is 1.96. The number of carbonyl (C=O) groups is 1. The minimum Gasteiger partial charge on any atom is -0.464 e. The molecule has 1 aliphatic carbocycles. The van der Waals surface area contributed by atoms with Gasteiger partial charge in [-0.1, -0.05) is 13.8 Å². The molecule has 0 saturated heterocycles. The highest BCUT2D eigenvalue weighted by atomic mass is 16.5. The van der Waals surface area contributed by atoms with E-state index in [2.05, 4.69) is 0 Å². The molecule has 70 valence electrons. The Balaban J connectivity index is 2.17. The Labute approximate surface area is 73.3 Å². The van der Waals surface area contributed by atoms with Crippen molar-refractivity contribution in [3.8, 4) is 0 Å². The molecule has 3 heteroatoms. The van der Waals surface area contributed by atoms with Crippen LogP contribution >= 0.6 is 0 Å². The van der Waals surface area contributed by atoms with Crippen molar-refractivity contribution in [1.29, 1.82) is 0 Å². The summed E-state index contributed by atoms with van der Waals surface area (Å²) in [5.74, 6) is 0.552. The van der Waals surface area contributed by atoms with Gasteiger partial charge in [-0.15, -0.1) is 0 Å². The molecule has 1 saturated carbocycles. The molecule has 3 nitrogen and oxygen atoms in total. The molecule has 1 rings (SSSR count). The molecule has 0 radical (unpaired) electrons. The van der Waals surface area contributed by atoms with Crippen molar-refractivity contribution in [3.05, 3.63) is 0 Å². The van der Waals surface area contributed by atoms with Crippen LogP contribution in [-0.2, 0) is 9.53 Å². The summed E-state index contributed by atoms with van der Waals surface area (Å²) < 4.78 is 5.00. The van der Waals surface area contributed by atoms with Crippen LogP contribution in [0.25, 0.3) is 0 Å². The van der Waals surface area contributed by atoms with Gasteiger partial charge < -0.3 is 10.5 Å². The summed E-state index contributed by atoms with van der Waals surface area (Å²) in [6, 6.07) is -0.372. The molecule has 0 spiro atoms. The number of esters is 1. The molecule has 12 heavy (non-hydrogen) atoms. The van der Waals surface area contributed by atoms with E-state index < -0.39 is 0 Å². The minimum absolute atomic E-state index is 0.230. The summed E-state index contributed by atoms with van der Waals surface area (Å²) in [7, 11) is 0. The van der Waals surface area contributed by atoms with Crippen LogP contribution in [0.5, 0.6) is 0 Å². The maximum Gasteiger partial charge on any atom is 0.323 e. The lowest BCUT2D eigenvalue weighted by molar-refractivity contribution is -0.146. The molecule has 1 fully saturated rings. The van der Waals surface area contributed by atoms with Crippen molar-refractivity contribution in [1.82, 2.24) is 0 Å². The van der Waals surface area contributed by atoms with E-state index in [1.54, 1.807) is 0 Å². The van der Waals surface area contributed by atoms with Gasteiger partial charge in [0.2, 0.25) is 0 Å². The highest BCUT2D eigenvalue weighted by Gasteiger charge is 2.34. The number of ether oxygens (including phenoxy) is 1. The maximum atomic E-state index is 11.2. The first-order valence-electron chi connectivity index (χ1n) is 4.53. The lowest BCUT2D eigenvalue weighted by Crippen LogP contribution is -2.34. The van der Waals surface area contributed by atoms with Gasteiger partial charge >= 0.3 is 5.97 Å². The number of carbonyl (C=O) groups excluding carboxylic acids is 1. The molecule has 1 aliphatic rings. The Hall–Kier alpha value is -0.570. The molecule has 0 aromatic carbocycles. The fraction of sp³-hybridized carbons (Fsp3) is 0.889. The molecule has 0 aromatic heterocycles. The molecule has 0 aromatic rings. The third kappa shape index (κ3) is 2.81. The van der Waals surface area contributed by atoms with Gasteiger partial charge in [0.15, 0.2) is 0 Å². The second-order valence-corrected chi connectivity index (χ2v) is 3.89. The molecule has 0 heterocycles. The van der Waals surface area contributed by atoms with Crippen molar-refractivity contribution in [2.75, 3.05) is 6.61 Å². The minimum atomic E-state index is -0.372. The molecule has 2 N–H and O–H groups in total. The van der Waals surface area contributed by atoms with Crippen molar-refractivity contribution in [2.45, 2.75) is 32.7 Å². The smallest absolute Gasteiger partial charge is 0.323 e. The first-order valence-corrected chi connectivity index (χ1v) is 4.53. The Morgan fingerprint density at radius 2 is 2.17 bits per heavy atom. The first-order chi connectivity index (χ1) is 5.61. The van der Waals surface area contributed by atoms with E-state index in [0.29, 0.717) is 18.4 Å². The highest BCUT2D eigenvalue weighted by Crippen LogP contribution is 2.31. The summed E-state index contributed by atoms with van der Waals surface area (Å²) in [5, 5.41) is 0. The van der Waals surface area contributed by atoms with Gasteiger partial charge in [0.1, 0.15) is 6.04 Å². The van der Waals surface area contributed by atoms with Gasteiger partial charge in [-0.2, -0.15) is 0 Å². The number of hydrogen-bond donors (Lipinski definition) is 1. The van der Waals surface area contributed by atoms with Crippen molar-refractivity contribution < 1.29 is 9.53 Å². The summed E-state index contributed by atoms with van der Waals surface area (Å²) in [4.78, 5) is 11.2. The fourth-order valence-corrected chi connectivity index (χ4v) is 0.993. The van der Waals surface area contributed by atoms with E-state index in [9.17, 15) is 4.79 Å². The second kappa shape index (κ2) is 3.90. The summed E-state index contributed by atoms with van der Waals surface area (Å²) in [6.07, 6.45) is 2.16. The van der Waals surface area contributed by atoms with Crippen LogP contribution in [-0.4, -0.2) is 18.6 Å². The molecule has 0 bridgehead atoms. The van der Waals surface area contributed by atoms with Gasteiger partial charge in [0.05, 0.1) is 6.61 Å².